The van der Waals surface area contributed by atoms with E-state index in [2.05, 4.69) is 31.6 Å². The van der Waals surface area contributed by atoms with Crippen LogP contribution in [0.3, 0.4) is 0 Å². The molecule has 2 heterocycles. The van der Waals surface area contributed by atoms with Gasteiger partial charge in [-0.3, -0.25) is 9.78 Å². The van der Waals surface area contributed by atoms with Gasteiger partial charge in [0.05, 0.1) is 11.1 Å². The second kappa shape index (κ2) is 12.7. The Morgan fingerprint density at radius 2 is 1.90 bits per heavy atom. The predicted octanol–water partition coefficient (Wildman–Crippen LogP) is 5.97. The van der Waals surface area contributed by atoms with Crippen molar-refractivity contribution >= 4 is 17.4 Å². The lowest BCUT2D eigenvalue weighted by atomic mass is 9.90. The molecule has 0 aliphatic heterocycles. The number of alkyl halides is 3. The third kappa shape index (κ3) is 7.02. The number of hydrogen-bond donors (Lipinski definition) is 1. The number of aromatic amines is 1. The van der Waals surface area contributed by atoms with Gasteiger partial charge in [0.15, 0.2) is 11.6 Å². The van der Waals surface area contributed by atoms with Crippen molar-refractivity contribution < 1.29 is 27.4 Å². The number of nitrogens with zero attached hydrogens (tertiary/aromatic N) is 3. The first kappa shape index (κ1) is 30.2. The third-order valence-corrected chi connectivity index (χ3v) is 6.67. The van der Waals surface area contributed by atoms with Crippen molar-refractivity contribution in [2.75, 3.05) is 7.11 Å². The number of aromatic nitrogens is 4. The van der Waals surface area contributed by atoms with Crippen molar-refractivity contribution in [1.82, 2.24) is 19.9 Å². The van der Waals surface area contributed by atoms with E-state index >= 15 is 0 Å². The number of ketones is 1. The zero-order chi connectivity index (χ0) is 28.8. The van der Waals surface area contributed by atoms with Crippen molar-refractivity contribution in [1.29, 1.82) is 0 Å². The Bertz CT molecular complexity index is 1340. The average Bonchev–Trinajstić information content (AvgIpc) is 2.88. The first-order valence-corrected chi connectivity index (χ1v) is 12.9. The van der Waals surface area contributed by atoms with Gasteiger partial charge in [0.2, 0.25) is 11.5 Å². The molecule has 0 aliphatic rings. The summed E-state index contributed by atoms with van der Waals surface area (Å²) in [4.78, 5) is 40.1. The smallest absolute Gasteiger partial charge is 0.424 e. The number of benzene rings is 1. The number of halogens is 4. The van der Waals surface area contributed by atoms with Gasteiger partial charge in [0.25, 0.3) is 0 Å². The van der Waals surface area contributed by atoms with Crippen LogP contribution >= 0.6 is 11.6 Å². The third-order valence-electron chi connectivity index (χ3n) is 6.34. The predicted molar refractivity (Wildman–Crippen MR) is 141 cm³/mol. The van der Waals surface area contributed by atoms with Gasteiger partial charge < -0.3 is 9.47 Å². The van der Waals surface area contributed by atoms with E-state index in [0.717, 1.165) is 20.0 Å². The van der Waals surface area contributed by atoms with Crippen molar-refractivity contribution in [2.24, 2.45) is 0 Å². The van der Waals surface area contributed by atoms with Gasteiger partial charge in [-0.25, -0.2) is 14.8 Å². The number of rotatable bonds is 12. The van der Waals surface area contributed by atoms with Gasteiger partial charge >= 0.3 is 11.9 Å². The molecule has 1 N–H and O–H groups in total. The molecule has 0 bridgehead atoms. The van der Waals surface area contributed by atoms with Gasteiger partial charge in [-0.15, -0.1) is 0 Å². The van der Waals surface area contributed by atoms with Crippen LogP contribution in [0.1, 0.15) is 52.0 Å². The first-order valence-electron chi connectivity index (χ1n) is 12.5. The van der Waals surface area contributed by atoms with E-state index in [9.17, 15) is 22.8 Å². The molecule has 0 amide bonds. The van der Waals surface area contributed by atoms with Crippen molar-refractivity contribution in [3.8, 4) is 28.7 Å². The molecule has 0 fully saturated rings. The fourth-order valence-electron chi connectivity index (χ4n) is 4.19. The minimum atomic E-state index is -4.84. The maximum Gasteiger partial charge on any atom is 0.424 e. The van der Waals surface area contributed by atoms with Crippen molar-refractivity contribution in [3.05, 3.63) is 57.6 Å². The van der Waals surface area contributed by atoms with Gasteiger partial charge in [0.1, 0.15) is 5.82 Å². The lowest BCUT2D eigenvalue weighted by molar-refractivity contribution is -0.259. The van der Waals surface area contributed by atoms with Crippen LogP contribution in [0.5, 0.6) is 5.88 Å². The Morgan fingerprint density at radius 1 is 1.15 bits per heavy atom. The number of methoxy groups -OCH3 is 1. The number of Topliss-reactive ketones (excluding diaryl/α,β-unsaturated/α-hetero) is 1. The Kier molecular flexibility index (Phi) is 9.84. The molecule has 0 aliphatic carbocycles. The average molecular weight is 567 g/mol. The summed E-state index contributed by atoms with van der Waals surface area (Å²) >= 11 is 6.37. The number of ether oxygens (including phenoxy) is 2. The largest absolute Gasteiger partial charge is 0.475 e. The number of hydrogen-bond acceptors (Lipinski definition) is 7. The first-order chi connectivity index (χ1) is 18.4. The van der Waals surface area contributed by atoms with Crippen LogP contribution in [-0.4, -0.2) is 50.7 Å². The van der Waals surface area contributed by atoms with E-state index < -0.39 is 36.1 Å². The van der Waals surface area contributed by atoms with Crippen LogP contribution in [0.15, 0.2) is 41.3 Å². The minimum absolute atomic E-state index is 0.00170. The lowest BCUT2D eigenvalue weighted by Gasteiger charge is -2.31. The summed E-state index contributed by atoms with van der Waals surface area (Å²) in [5.41, 5.74) is -2.22. The second-order valence-electron chi connectivity index (χ2n) is 9.05. The summed E-state index contributed by atoms with van der Waals surface area (Å²) in [7, 11) is 0.876. The molecule has 3 rings (SSSR count). The highest BCUT2D eigenvalue weighted by atomic mass is 35.5. The van der Waals surface area contributed by atoms with E-state index in [1.54, 1.807) is 24.3 Å². The fraction of sp³-hybridized carbons (Fsp3) is 0.444. The maximum absolute atomic E-state index is 13.6. The van der Waals surface area contributed by atoms with Crippen LogP contribution in [0.2, 0.25) is 5.02 Å². The molecule has 0 saturated heterocycles. The van der Waals surface area contributed by atoms with E-state index in [4.69, 9.17) is 16.3 Å². The molecule has 2 aromatic heterocycles. The van der Waals surface area contributed by atoms with E-state index in [-0.39, 0.29) is 29.2 Å². The summed E-state index contributed by atoms with van der Waals surface area (Å²) < 4.78 is 51.2. The molecule has 1 unspecified atom stereocenters. The highest BCUT2D eigenvalue weighted by Gasteiger charge is 2.59. The number of nitrogens with one attached hydrogen (secondary N) is 1. The highest BCUT2D eigenvalue weighted by Crippen LogP contribution is 2.38. The van der Waals surface area contributed by atoms with Crippen molar-refractivity contribution in [2.45, 2.75) is 70.8 Å². The summed E-state index contributed by atoms with van der Waals surface area (Å²) in [6.45, 7) is 5.26. The van der Waals surface area contributed by atoms with Gasteiger partial charge in [0, 0.05) is 36.9 Å². The summed E-state index contributed by atoms with van der Waals surface area (Å²) in [6, 6.07) is 8.02. The molecule has 12 heteroatoms. The molecule has 0 saturated carbocycles. The highest BCUT2D eigenvalue weighted by molar-refractivity contribution is 6.33. The SMILES string of the molecule is CCC[C@@H](C)Oc1ccc(-c2nc(-c3cc(CCC(=O)C(CC)(OC)C(F)(F)F)ccc3Cl)[nH]c(=O)n2)cn1. The molecule has 39 heavy (non-hydrogen) atoms. The quantitative estimate of drug-likeness (QED) is 0.287. The van der Waals surface area contributed by atoms with Crippen LogP contribution < -0.4 is 10.4 Å². The monoisotopic (exact) mass is 566 g/mol. The summed E-state index contributed by atoms with van der Waals surface area (Å²) in [6.07, 6.45) is -2.45. The van der Waals surface area contributed by atoms with Crippen LogP contribution in [-0.2, 0) is 16.0 Å². The lowest BCUT2D eigenvalue weighted by Crippen LogP contribution is -2.53. The van der Waals surface area contributed by atoms with E-state index in [1.807, 2.05) is 6.92 Å². The molecule has 0 radical (unpaired) electrons. The second-order valence-corrected chi connectivity index (χ2v) is 9.46. The van der Waals surface area contributed by atoms with Gasteiger partial charge in [-0.2, -0.15) is 18.2 Å². The summed E-state index contributed by atoms with van der Waals surface area (Å²) in [5, 5.41) is 0.243. The number of aryl methyl sites for hydroxylation is 1. The standard InChI is InChI=1S/C27H30ClF3N4O4/c1-5-7-16(3)39-22-13-10-18(15-32-22)23-33-24(35-25(37)34-23)19-14-17(8-11-20(19)28)9-12-21(36)26(6-2,38-4)27(29,30)31/h8,10-11,13-16H,5-7,9,12H2,1-4H3,(H,33,34,35,37)/t16-,26?/m1/s1. The van der Waals surface area contributed by atoms with E-state index in [1.165, 1.54) is 19.2 Å². The minimum Gasteiger partial charge on any atom is -0.475 e. The van der Waals surface area contributed by atoms with Gasteiger partial charge in [-0.05, 0) is 49.9 Å². The van der Waals surface area contributed by atoms with E-state index in [0.29, 0.717) is 22.6 Å². The molecular formula is C27H30ClF3N4O4. The number of carbonyl (C=O) groups excluding carboxylic acids is 1. The summed E-state index contributed by atoms with van der Waals surface area (Å²) in [5.74, 6) is -0.432. The Morgan fingerprint density at radius 3 is 2.49 bits per heavy atom. The normalized spacial score (nSPS) is 14.1. The molecule has 2 atom stereocenters. The molecule has 3 aromatic rings. The molecule has 8 nitrogen and oxygen atoms in total. The maximum atomic E-state index is 13.6. The van der Waals surface area contributed by atoms with Crippen molar-refractivity contribution in [3.63, 3.8) is 0 Å². The Labute approximate surface area is 229 Å². The number of H-pyrrole nitrogens is 1. The zero-order valence-electron chi connectivity index (χ0n) is 22.1. The Balaban J connectivity index is 1.86. The molecular weight excluding hydrogens is 537 g/mol. The van der Waals surface area contributed by atoms with Crippen LogP contribution in [0.4, 0.5) is 13.2 Å². The zero-order valence-corrected chi connectivity index (χ0v) is 22.8. The Hall–Kier alpha value is -3.31. The molecule has 1 aromatic carbocycles. The number of carbonyl (C=O) groups is 1. The van der Waals surface area contributed by atoms with Crippen LogP contribution in [0.25, 0.3) is 22.8 Å². The topological polar surface area (TPSA) is 107 Å². The fourth-order valence-corrected chi connectivity index (χ4v) is 4.40. The molecule has 0 spiro atoms. The molecule has 210 valence electrons. The van der Waals surface area contributed by atoms with Crippen LogP contribution in [0, 0.1) is 0 Å². The number of pyridine rings is 1. The van der Waals surface area contributed by atoms with Gasteiger partial charge in [-0.1, -0.05) is 37.9 Å².